The molecule has 0 fully saturated rings. The van der Waals surface area contributed by atoms with E-state index in [4.69, 9.17) is 4.74 Å². The lowest BCUT2D eigenvalue weighted by Crippen LogP contribution is -2.29. The number of sulfonamides is 1. The third-order valence-electron chi connectivity index (χ3n) is 7.38. The SMILES string of the molecule is Cc1ccc(-c2c(C)c(C3=CCC(C)(C)CC3)c(C(OC(C)(C)C)C(=O)O)c(C)c2NS(C)(=O)=O)cc1C. The zero-order valence-electron chi connectivity index (χ0n) is 24.5. The molecule has 0 saturated heterocycles. The number of rotatable bonds is 7. The molecule has 1 atom stereocenters. The summed E-state index contributed by atoms with van der Waals surface area (Å²) in [6.07, 6.45) is 4.71. The number of benzene rings is 2. The van der Waals surface area contributed by atoms with Gasteiger partial charge in [0.2, 0.25) is 10.0 Å². The van der Waals surface area contributed by atoms with Gasteiger partial charge in [-0.1, -0.05) is 38.1 Å². The van der Waals surface area contributed by atoms with Crippen LogP contribution in [0.1, 0.15) is 93.4 Å². The lowest BCUT2D eigenvalue weighted by atomic mass is 9.74. The highest BCUT2D eigenvalue weighted by molar-refractivity contribution is 7.92. The molecule has 2 aromatic rings. The fraction of sp³-hybridized carbons (Fsp3) is 0.516. The number of hydrogen-bond donors (Lipinski definition) is 2. The minimum Gasteiger partial charge on any atom is -0.479 e. The van der Waals surface area contributed by atoms with Crippen LogP contribution in [-0.2, 0) is 19.6 Å². The average molecular weight is 542 g/mol. The molecule has 7 heteroatoms. The number of hydrogen-bond acceptors (Lipinski definition) is 4. The van der Waals surface area contributed by atoms with Crippen molar-refractivity contribution in [1.29, 1.82) is 0 Å². The van der Waals surface area contributed by atoms with E-state index in [1.807, 2.05) is 53.7 Å². The first-order valence-electron chi connectivity index (χ1n) is 13.1. The highest BCUT2D eigenvalue weighted by atomic mass is 32.2. The van der Waals surface area contributed by atoms with E-state index in [-0.39, 0.29) is 5.41 Å². The van der Waals surface area contributed by atoms with E-state index in [1.54, 1.807) is 6.92 Å². The normalized spacial score (nSPS) is 16.6. The molecule has 0 saturated carbocycles. The fourth-order valence-electron chi connectivity index (χ4n) is 5.23. The van der Waals surface area contributed by atoms with Gasteiger partial charge in [0.1, 0.15) is 0 Å². The van der Waals surface area contributed by atoms with Crippen LogP contribution in [0.2, 0.25) is 0 Å². The zero-order valence-corrected chi connectivity index (χ0v) is 25.3. The zero-order chi connectivity index (χ0) is 28.8. The van der Waals surface area contributed by atoms with Crippen LogP contribution in [0.4, 0.5) is 5.69 Å². The van der Waals surface area contributed by atoms with E-state index in [0.717, 1.165) is 64.5 Å². The van der Waals surface area contributed by atoms with Crippen molar-refractivity contribution in [3.05, 3.63) is 57.7 Å². The molecule has 6 nitrogen and oxygen atoms in total. The molecule has 2 aromatic carbocycles. The van der Waals surface area contributed by atoms with E-state index >= 15 is 0 Å². The third kappa shape index (κ3) is 6.67. The number of carboxylic acid groups (broad SMARTS) is 1. The molecule has 0 amide bonds. The van der Waals surface area contributed by atoms with Gasteiger partial charge < -0.3 is 9.84 Å². The van der Waals surface area contributed by atoms with Gasteiger partial charge in [0.05, 0.1) is 17.5 Å². The van der Waals surface area contributed by atoms with Crippen molar-refractivity contribution in [2.45, 2.75) is 93.3 Å². The Morgan fingerprint density at radius 3 is 2.16 bits per heavy atom. The number of anilines is 1. The summed E-state index contributed by atoms with van der Waals surface area (Å²) in [5.74, 6) is -1.11. The Bertz CT molecular complexity index is 1390. The van der Waals surface area contributed by atoms with Crippen LogP contribution in [0.5, 0.6) is 0 Å². The summed E-state index contributed by atoms with van der Waals surface area (Å²) in [5.41, 5.74) is 7.54. The lowest BCUT2D eigenvalue weighted by Gasteiger charge is -2.34. The van der Waals surface area contributed by atoms with Gasteiger partial charge in [-0.2, -0.15) is 0 Å². The van der Waals surface area contributed by atoms with Gasteiger partial charge in [-0.05, 0) is 112 Å². The largest absolute Gasteiger partial charge is 0.479 e. The van der Waals surface area contributed by atoms with Gasteiger partial charge in [0.25, 0.3) is 0 Å². The van der Waals surface area contributed by atoms with Gasteiger partial charge >= 0.3 is 5.97 Å². The minimum atomic E-state index is -3.67. The molecule has 0 heterocycles. The summed E-state index contributed by atoms with van der Waals surface area (Å²) < 4.78 is 34.1. The molecule has 0 bridgehead atoms. The van der Waals surface area contributed by atoms with Crippen molar-refractivity contribution in [3.63, 3.8) is 0 Å². The number of aryl methyl sites for hydroxylation is 2. The molecule has 2 N–H and O–H groups in total. The van der Waals surface area contributed by atoms with Gasteiger partial charge in [0, 0.05) is 11.1 Å². The molecule has 3 rings (SSSR count). The van der Waals surface area contributed by atoms with Crippen molar-refractivity contribution in [2.24, 2.45) is 5.41 Å². The Morgan fingerprint density at radius 1 is 1.05 bits per heavy atom. The maximum Gasteiger partial charge on any atom is 0.337 e. The standard InChI is InChI=1S/C31H43NO5S/c1-18-11-12-23(17-19(18)2)25-20(3)24(22-13-15-31(8,9)16-14-22)26(21(4)27(25)32-38(10,35)36)28(29(33)34)37-30(5,6)7/h11-13,17,28,32H,14-16H2,1-10H3,(H,33,34). The van der Waals surface area contributed by atoms with E-state index in [9.17, 15) is 18.3 Å². The summed E-state index contributed by atoms with van der Waals surface area (Å²) >= 11 is 0. The maximum absolute atomic E-state index is 12.7. The van der Waals surface area contributed by atoms with Crippen LogP contribution in [0.3, 0.4) is 0 Å². The third-order valence-corrected chi connectivity index (χ3v) is 7.96. The number of nitrogens with one attached hydrogen (secondary N) is 1. The molecular formula is C31H43NO5S. The molecule has 0 radical (unpaired) electrons. The second-order valence-electron chi connectivity index (χ2n) is 12.5. The molecule has 1 aliphatic rings. The Hall–Kier alpha value is -2.64. The fourth-order valence-corrected chi connectivity index (χ4v) is 5.85. The molecule has 0 aromatic heterocycles. The summed E-state index contributed by atoms with van der Waals surface area (Å²) in [4.78, 5) is 12.7. The van der Waals surface area contributed by atoms with Gasteiger partial charge in [-0.25, -0.2) is 13.2 Å². The van der Waals surface area contributed by atoms with E-state index in [2.05, 4.69) is 30.7 Å². The Balaban J connectivity index is 2.52. The van der Waals surface area contributed by atoms with Gasteiger partial charge in [-0.3, -0.25) is 4.72 Å². The van der Waals surface area contributed by atoms with Crippen LogP contribution in [0, 0.1) is 33.1 Å². The summed E-state index contributed by atoms with van der Waals surface area (Å²) in [6, 6.07) is 6.09. The smallest absolute Gasteiger partial charge is 0.337 e. The molecule has 208 valence electrons. The van der Waals surface area contributed by atoms with Crippen LogP contribution < -0.4 is 4.72 Å². The minimum absolute atomic E-state index is 0.162. The predicted molar refractivity (Wildman–Crippen MR) is 156 cm³/mol. The molecule has 0 spiro atoms. The first-order chi connectivity index (χ1) is 17.3. The van der Waals surface area contributed by atoms with Crippen LogP contribution in [0.25, 0.3) is 16.7 Å². The highest BCUT2D eigenvalue weighted by Crippen LogP contribution is 2.48. The number of carboxylic acids is 1. The van der Waals surface area contributed by atoms with Crippen molar-refractivity contribution < 1.29 is 23.1 Å². The molecule has 38 heavy (non-hydrogen) atoms. The summed E-state index contributed by atoms with van der Waals surface area (Å²) in [6.45, 7) is 17.8. The number of allylic oxidation sites excluding steroid dienone is 2. The maximum atomic E-state index is 12.7. The Kier molecular flexibility index (Phi) is 8.26. The Labute approximate surface area is 228 Å². The van der Waals surface area contributed by atoms with Crippen molar-refractivity contribution in [2.75, 3.05) is 11.0 Å². The molecular weight excluding hydrogens is 498 g/mol. The lowest BCUT2D eigenvalue weighted by molar-refractivity contribution is -0.160. The summed E-state index contributed by atoms with van der Waals surface area (Å²) in [5, 5.41) is 10.4. The molecule has 1 aliphatic carbocycles. The van der Waals surface area contributed by atoms with E-state index in [0.29, 0.717) is 16.8 Å². The first-order valence-corrected chi connectivity index (χ1v) is 15.0. The quantitative estimate of drug-likeness (QED) is 0.379. The predicted octanol–water partition coefficient (Wildman–Crippen LogP) is 7.49. The van der Waals surface area contributed by atoms with Crippen molar-refractivity contribution in [3.8, 4) is 11.1 Å². The average Bonchev–Trinajstić information content (AvgIpc) is 2.75. The Morgan fingerprint density at radius 2 is 1.68 bits per heavy atom. The van der Waals surface area contributed by atoms with Crippen LogP contribution in [-0.4, -0.2) is 31.4 Å². The van der Waals surface area contributed by atoms with Gasteiger partial charge in [0.15, 0.2) is 6.10 Å². The summed E-state index contributed by atoms with van der Waals surface area (Å²) in [7, 11) is -3.67. The monoisotopic (exact) mass is 541 g/mol. The van der Waals surface area contributed by atoms with Gasteiger partial charge in [-0.15, -0.1) is 0 Å². The molecule has 0 aliphatic heterocycles. The van der Waals surface area contributed by atoms with E-state index in [1.165, 1.54) is 0 Å². The number of ether oxygens (including phenoxy) is 1. The second-order valence-corrected chi connectivity index (χ2v) is 14.3. The first kappa shape index (κ1) is 29.9. The van der Waals surface area contributed by atoms with E-state index < -0.39 is 27.7 Å². The highest BCUT2D eigenvalue weighted by Gasteiger charge is 2.36. The van der Waals surface area contributed by atoms with Crippen LogP contribution in [0.15, 0.2) is 24.3 Å². The van der Waals surface area contributed by atoms with Crippen molar-refractivity contribution in [1.82, 2.24) is 0 Å². The molecule has 1 unspecified atom stereocenters. The topological polar surface area (TPSA) is 92.7 Å². The van der Waals surface area contributed by atoms with Crippen LogP contribution >= 0.6 is 0 Å². The number of carbonyl (C=O) groups is 1. The van der Waals surface area contributed by atoms with Crippen molar-refractivity contribution >= 4 is 27.3 Å². The number of aliphatic carboxylic acids is 1. The second kappa shape index (κ2) is 10.5.